The quantitative estimate of drug-likeness (QED) is 0.271. The molecule has 0 aliphatic carbocycles. The molecule has 160 valence electrons. The second-order valence-corrected chi connectivity index (χ2v) is 6.05. The maximum Gasteiger partial charge on any atom is 0.191 e. The lowest BCUT2D eigenvalue weighted by molar-refractivity contribution is 0.180. The number of rotatable bonds is 9. The summed E-state index contributed by atoms with van der Waals surface area (Å²) in [6, 6.07) is 13.1. The first-order valence-electron chi connectivity index (χ1n) is 9.16. The van der Waals surface area contributed by atoms with Crippen molar-refractivity contribution in [3.05, 3.63) is 53.6 Å². The largest absolute Gasteiger partial charge is 0.497 e. The lowest BCUT2D eigenvalue weighted by atomic mass is 10.1. The zero-order chi connectivity index (χ0) is 20.4. The van der Waals surface area contributed by atoms with Gasteiger partial charge in [-0.15, -0.1) is 24.0 Å². The molecular formula is C21H30IN3O4. The number of benzene rings is 2. The van der Waals surface area contributed by atoms with Crippen LogP contribution in [0.25, 0.3) is 0 Å². The standard InChI is InChI=1S/C21H29N3O4.HI/c1-5-22-21(23-13-15-8-6-7-9-20(15)28-4)24-14-19(25)16-10-17(26-2)12-18(11-16)27-3;/h6-12,19,25H,5,13-14H2,1-4H3,(H2,22,23,24);1H. The summed E-state index contributed by atoms with van der Waals surface area (Å²) in [5.41, 5.74) is 1.68. The molecular weight excluding hydrogens is 485 g/mol. The maximum absolute atomic E-state index is 10.6. The third kappa shape index (κ3) is 7.62. The summed E-state index contributed by atoms with van der Waals surface area (Å²) in [6.45, 7) is 3.45. The van der Waals surface area contributed by atoms with Crippen LogP contribution in [0, 0.1) is 0 Å². The van der Waals surface area contributed by atoms with Gasteiger partial charge >= 0.3 is 0 Å². The van der Waals surface area contributed by atoms with Gasteiger partial charge in [0, 0.05) is 24.7 Å². The highest BCUT2D eigenvalue weighted by Crippen LogP contribution is 2.26. The van der Waals surface area contributed by atoms with Gasteiger partial charge in [-0.3, -0.25) is 0 Å². The summed E-state index contributed by atoms with van der Waals surface area (Å²) in [6.07, 6.45) is -0.751. The van der Waals surface area contributed by atoms with E-state index in [1.165, 1.54) is 0 Å². The van der Waals surface area contributed by atoms with E-state index in [1.807, 2.05) is 31.2 Å². The zero-order valence-corrected chi connectivity index (χ0v) is 19.6. The van der Waals surface area contributed by atoms with Crippen LogP contribution in [-0.2, 0) is 6.54 Å². The monoisotopic (exact) mass is 515 g/mol. The number of para-hydroxylation sites is 1. The van der Waals surface area contributed by atoms with E-state index in [0.29, 0.717) is 36.1 Å². The number of guanidine groups is 1. The minimum absolute atomic E-state index is 0. The first-order chi connectivity index (χ1) is 13.6. The fraction of sp³-hybridized carbons (Fsp3) is 0.381. The van der Waals surface area contributed by atoms with E-state index in [0.717, 1.165) is 11.3 Å². The normalized spacial score (nSPS) is 11.8. The van der Waals surface area contributed by atoms with E-state index >= 15 is 0 Å². The number of aliphatic hydroxyl groups is 1. The van der Waals surface area contributed by atoms with Gasteiger partial charge in [0.2, 0.25) is 0 Å². The molecule has 7 nitrogen and oxygen atoms in total. The first kappa shape index (κ1) is 24.8. The maximum atomic E-state index is 10.6. The molecule has 1 unspecified atom stereocenters. The Morgan fingerprint density at radius 3 is 2.24 bits per heavy atom. The van der Waals surface area contributed by atoms with Gasteiger partial charge in [0.05, 0.1) is 34.0 Å². The van der Waals surface area contributed by atoms with Crippen molar-refractivity contribution >= 4 is 29.9 Å². The molecule has 3 N–H and O–H groups in total. The van der Waals surface area contributed by atoms with Crippen LogP contribution in [0.3, 0.4) is 0 Å². The number of nitrogens with one attached hydrogen (secondary N) is 2. The SMILES string of the molecule is CCNC(=NCc1ccccc1OC)NCC(O)c1cc(OC)cc(OC)c1.I. The van der Waals surface area contributed by atoms with Gasteiger partial charge in [-0.1, -0.05) is 18.2 Å². The first-order valence-corrected chi connectivity index (χ1v) is 9.16. The van der Waals surface area contributed by atoms with E-state index in [-0.39, 0.29) is 30.5 Å². The van der Waals surface area contributed by atoms with E-state index < -0.39 is 6.10 Å². The molecule has 0 saturated carbocycles. The average molecular weight is 515 g/mol. The number of aliphatic imine (C=N–C) groups is 1. The van der Waals surface area contributed by atoms with Crippen LogP contribution < -0.4 is 24.8 Å². The number of hydrogen-bond acceptors (Lipinski definition) is 5. The predicted molar refractivity (Wildman–Crippen MR) is 126 cm³/mol. The summed E-state index contributed by atoms with van der Waals surface area (Å²) in [4.78, 5) is 4.58. The van der Waals surface area contributed by atoms with Crippen LogP contribution in [0.2, 0.25) is 0 Å². The highest BCUT2D eigenvalue weighted by Gasteiger charge is 2.12. The molecule has 0 fully saturated rings. The number of hydrogen-bond donors (Lipinski definition) is 3. The molecule has 2 aromatic carbocycles. The molecule has 0 aliphatic rings. The Morgan fingerprint density at radius 2 is 1.66 bits per heavy atom. The van der Waals surface area contributed by atoms with E-state index in [9.17, 15) is 5.11 Å². The van der Waals surface area contributed by atoms with Crippen molar-refractivity contribution in [2.24, 2.45) is 4.99 Å². The van der Waals surface area contributed by atoms with Gasteiger partial charge in [-0.2, -0.15) is 0 Å². The Balaban J connectivity index is 0.00000420. The highest BCUT2D eigenvalue weighted by molar-refractivity contribution is 14.0. The number of methoxy groups -OCH3 is 3. The van der Waals surface area contributed by atoms with E-state index in [2.05, 4.69) is 15.6 Å². The topological polar surface area (TPSA) is 84.3 Å². The summed E-state index contributed by atoms with van der Waals surface area (Å²) in [5, 5.41) is 16.9. The summed E-state index contributed by atoms with van der Waals surface area (Å²) in [5.74, 6) is 2.67. The van der Waals surface area contributed by atoms with Crippen molar-refractivity contribution in [3.63, 3.8) is 0 Å². The summed E-state index contributed by atoms with van der Waals surface area (Å²) < 4.78 is 15.9. The second-order valence-electron chi connectivity index (χ2n) is 6.05. The van der Waals surface area contributed by atoms with Gasteiger partial charge in [0.15, 0.2) is 5.96 Å². The minimum atomic E-state index is -0.751. The molecule has 0 aliphatic heterocycles. The van der Waals surface area contributed by atoms with Crippen molar-refractivity contribution in [1.82, 2.24) is 10.6 Å². The molecule has 29 heavy (non-hydrogen) atoms. The number of halogens is 1. The highest BCUT2D eigenvalue weighted by atomic mass is 127. The molecule has 0 aromatic heterocycles. The van der Waals surface area contributed by atoms with Crippen molar-refractivity contribution in [1.29, 1.82) is 0 Å². The predicted octanol–water partition coefficient (Wildman–Crippen LogP) is 3.12. The third-order valence-electron chi connectivity index (χ3n) is 4.17. The lowest BCUT2D eigenvalue weighted by Crippen LogP contribution is -2.39. The van der Waals surface area contributed by atoms with Crippen LogP contribution in [0.15, 0.2) is 47.5 Å². The molecule has 0 spiro atoms. The molecule has 0 heterocycles. The fourth-order valence-electron chi connectivity index (χ4n) is 2.67. The summed E-state index contributed by atoms with van der Waals surface area (Å²) in [7, 11) is 4.80. The van der Waals surface area contributed by atoms with Crippen molar-refractivity contribution in [2.75, 3.05) is 34.4 Å². The van der Waals surface area contributed by atoms with Gasteiger partial charge in [0.1, 0.15) is 17.2 Å². The van der Waals surface area contributed by atoms with Gasteiger partial charge in [-0.05, 0) is 30.7 Å². The molecule has 0 radical (unpaired) electrons. The van der Waals surface area contributed by atoms with Crippen LogP contribution in [-0.4, -0.2) is 45.5 Å². The number of aliphatic hydroxyl groups excluding tert-OH is 1. The molecule has 0 bridgehead atoms. The Hall–Kier alpha value is -2.20. The summed E-state index contributed by atoms with van der Waals surface area (Å²) >= 11 is 0. The van der Waals surface area contributed by atoms with Crippen LogP contribution in [0.4, 0.5) is 0 Å². The Labute approximate surface area is 189 Å². The molecule has 0 saturated heterocycles. The number of ether oxygens (including phenoxy) is 3. The molecule has 1 atom stereocenters. The smallest absolute Gasteiger partial charge is 0.191 e. The van der Waals surface area contributed by atoms with Gasteiger partial charge < -0.3 is 30.0 Å². The fourth-order valence-corrected chi connectivity index (χ4v) is 2.67. The minimum Gasteiger partial charge on any atom is -0.497 e. The second kappa shape index (κ2) is 13.1. The average Bonchev–Trinajstić information content (AvgIpc) is 2.75. The van der Waals surface area contributed by atoms with Crippen molar-refractivity contribution in [2.45, 2.75) is 19.6 Å². The van der Waals surface area contributed by atoms with E-state index in [4.69, 9.17) is 14.2 Å². The van der Waals surface area contributed by atoms with Crippen molar-refractivity contribution in [3.8, 4) is 17.2 Å². The Kier molecular flexibility index (Phi) is 11.2. The van der Waals surface area contributed by atoms with E-state index in [1.54, 1.807) is 39.5 Å². The van der Waals surface area contributed by atoms with Crippen LogP contribution in [0.1, 0.15) is 24.2 Å². The zero-order valence-electron chi connectivity index (χ0n) is 17.3. The van der Waals surface area contributed by atoms with Gasteiger partial charge in [0.25, 0.3) is 0 Å². The van der Waals surface area contributed by atoms with Crippen LogP contribution >= 0.6 is 24.0 Å². The Morgan fingerprint density at radius 1 is 1.00 bits per heavy atom. The molecule has 2 aromatic rings. The van der Waals surface area contributed by atoms with Crippen molar-refractivity contribution < 1.29 is 19.3 Å². The van der Waals surface area contributed by atoms with Gasteiger partial charge in [-0.25, -0.2) is 4.99 Å². The number of nitrogens with zero attached hydrogens (tertiary/aromatic N) is 1. The lowest BCUT2D eigenvalue weighted by Gasteiger charge is -2.17. The molecule has 2 rings (SSSR count). The third-order valence-corrected chi connectivity index (χ3v) is 4.17. The molecule has 0 amide bonds. The molecule has 8 heteroatoms. The Bertz CT molecular complexity index is 764. The van der Waals surface area contributed by atoms with Crippen LogP contribution in [0.5, 0.6) is 17.2 Å².